The Kier molecular flexibility index (Phi) is 3.88. The fourth-order valence-corrected chi connectivity index (χ4v) is 1.58. The molecule has 0 radical (unpaired) electrons. The van der Waals surface area contributed by atoms with Crippen molar-refractivity contribution in [1.29, 1.82) is 0 Å². The first-order valence-corrected chi connectivity index (χ1v) is 4.82. The van der Waals surface area contributed by atoms with Gasteiger partial charge >= 0.3 is 6.03 Å². The maximum atomic E-state index is 11.2. The van der Waals surface area contributed by atoms with Gasteiger partial charge in [0, 0.05) is 33.2 Å². The van der Waals surface area contributed by atoms with Gasteiger partial charge in [0.2, 0.25) is 0 Å². The van der Waals surface area contributed by atoms with E-state index in [1.807, 2.05) is 0 Å². The molecule has 1 fully saturated rings. The summed E-state index contributed by atoms with van der Waals surface area (Å²) in [4.78, 5) is 25.9. The van der Waals surface area contributed by atoms with Crippen LogP contribution in [-0.2, 0) is 4.79 Å². The monoisotopic (exact) mass is 199 g/mol. The van der Waals surface area contributed by atoms with Gasteiger partial charge < -0.3 is 10.2 Å². The van der Waals surface area contributed by atoms with Crippen molar-refractivity contribution in [2.45, 2.75) is 6.92 Å². The normalized spacial score (nSPS) is 18.0. The molecule has 5 heteroatoms. The number of rotatable bonds is 2. The first-order chi connectivity index (χ1) is 6.63. The van der Waals surface area contributed by atoms with Crippen LogP contribution in [0.4, 0.5) is 4.79 Å². The second kappa shape index (κ2) is 4.95. The maximum absolute atomic E-state index is 11.2. The zero-order valence-corrected chi connectivity index (χ0v) is 8.75. The highest BCUT2D eigenvalue weighted by atomic mass is 16.2. The zero-order valence-electron chi connectivity index (χ0n) is 8.75. The summed E-state index contributed by atoms with van der Waals surface area (Å²) in [5.74, 6) is 0.179. The van der Waals surface area contributed by atoms with Crippen molar-refractivity contribution in [3.63, 3.8) is 0 Å². The molecule has 14 heavy (non-hydrogen) atoms. The second-order valence-corrected chi connectivity index (χ2v) is 3.52. The van der Waals surface area contributed by atoms with Gasteiger partial charge in [-0.3, -0.25) is 9.69 Å². The molecule has 0 saturated carbocycles. The molecular formula is C9H17N3O2. The highest BCUT2D eigenvalue weighted by molar-refractivity contribution is 5.77. The van der Waals surface area contributed by atoms with Crippen LogP contribution in [-0.4, -0.2) is 61.4 Å². The van der Waals surface area contributed by atoms with Gasteiger partial charge in [-0.15, -0.1) is 0 Å². The summed E-state index contributed by atoms with van der Waals surface area (Å²) >= 11 is 0. The van der Waals surface area contributed by atoms with Crippen LogP contribution in [0.3, 0.4) is 0 Å². The standard InChI is InChI=1S/C9H17N3O2/c1-8(13)7-11-3-5-12(6-4-11)9(14)10-2/h3-7H2,1-2H3,(H,10,14). The molecule has 0 aromatic carbocycles. The van der Waals surface area contributed by atoms with E-state index >= 15 is 0 Å². The number of Topliss-reactive ketones (excluding diaryl/α,β-unsaturated/α-hetero) is 1. The Bertz CT molecular complexity index is 222. The molecule has 0 bridgehead atoms. The van der Waals surface area contributed by atoms with Crippen LogP contribution in [0.15, 0.2) is 0 Å². The lowest BCUT2D eigenvalue weighted by atomic mass is 10.3. The van der Waals surface area contributed by atoms with Gasteiger partial charge in [0.15, 0.2) is 0 Å². The Morgan fingerprint density at radius 3 is 2.21 bits per heavy atom. The Labute approximate surface area is 84.0 Å². The Balaban J connectivity index is 2.31. The van der Waals surface area contributed by atoms with E-state index in [2.05, 4.69) is 10.2 Å². The first-order valence-electron chi connectivity index (χ1n) is 4.82. The summed E-state index contributed by atoms with van der Waals surface area (Å²) in [5.41, 5.74) is 0. The SMILES string of the molecule is CNC(=O)N1CCN(CC(C)=O)CC1. The summed E-state index contributed by atoms with van der Waals surface area (Å²) in [6, 6.07) is -0.0347. The van der Waals surface area contributed by atoms with Crippen molar-refractivity contribution in [3.8, 4) is 0 Å². The number of nitrogens with zero attached hydrogens (tertiary/aromatic N) is 2. The second-order valence-electron chi connectivity index (χ2n) is 3.52. The molecule has 0 spiro atoms. The topological polar surface area (TPSA) is 52.7 Å². The van der Waals surface area contributed by atoms with Gasteiger partial charge in [-0.25, -0.2) is 4.79 Å². The van der Waals surface area contributed by atoms with E-state index in [-0.39, 0.29) is 11.8 Å². The van der Waals surface area contributed by atoms with E-state index in [0.717, 1.165) is 13.1 Å². The van der Waals surface area contributed by atoms with Gasteiger partial charge in [0.1, 0.15) is 5.78 Å². The minimum absolute atomic E-state index is 0.0347. The fourth-order valence-electron chi connectivity index (χ4n) is 1.58. The van der Waals surface area contributed by atoms with E-state index in [4.69, 9.17) is 0 Å². The van der Waals surface area contributed by atoms with Crippen molar-refractivity contribution in [1.82, 2.24) is 15.1 Å². The Morgan fingerprint density at radius 1 is 1.21 bits per heavy atom. The third-order valence-electron chi connectivity index (χ3n) is 2.32. The predicted molar refractivity (Wildman–Crippen MR) is 53.1 cm³/mol. The lowest BCUT2D eigenvalue weighted by Gasteiger charge is -2.33. The fraction of sp³-hybridized carbons (Fsp3) is 0.778. The van der Waals surface area contributed by atoms with Crippen molar-refractivity contribution in [2.24, 2.45) is 0 Å². The molecule has 0 aromatic rings. The van der Waals surface area contributed by atoms with E-state index in [1.165, 1.54) is 0 Å². The van der Waals surface area contributed by atoms with Gasteiger partial charge in [0.25, 0.3) is 0 Å². The molecule has 1 heterocycles. The van der Waals surface area contributed by atoms with E-state index in [9.17, 15) is 9.59 Å². The predicted octanol–water partition coefficient (Wildman–Crippen LogP) is -0.468. The average Bonchev–Trinajstić information content (AvgIpc) is 2.17. The highest BCUT2D eigenvalue weighted by Gasteiger charge is 2.20. The van der Waals surface area contributed by atoms with E-state index in [0.29, 0.717) is 19.6 Å². The van der Waals surface area contributed by atoms with Crippen LogP contribution < -0.4 is 5.32 Å². The molecule has 1 saturated heterocycles. The van der Waals surface area contributed by atoms with Gasteiger partial charge in [-0.05, 0) is 6.92 Å². The van der Waals surface area contributed by atoms with Crippen LogP contribution in [0.2, 0.25) is 0 Å². The lowest BCUT2D eigenvalue weighted by Crippen LogP contribution is -2.51. The molecule has 5 nitrogen and oxygen atoms in total. The van der Waals surface area contributed by atoms with Crippen LogP contribution in [0.25, 0.3) is 0 Å². The molecule has 1 N–H and O–H groups in total. The zero-order chi connectivity index (χ0) is 10.6. The summed E-state index contributed by atoms with van der Waals surface area (Å²) in [7, 11) is 1.63. The summed E-state index contributed by atoms with van der Waals surface area (Å²) in [6.45, 7) is 5.06. The molecule has 0 unspecified atom stereocenters. The van der Waals surface area contributed by atoms with Crippen molar-refractivity contribution >= 4 is 11.8 Å². The first kappa shape index (κ1) is 11.0. The molecule has 0 atom stereocenters. The summed E-state index contributed by atoms with van der Waals surface area (Å²) in [6.07, 6.45) is 0. The number of hydrogen-bond donors (Lipinski definition) is 1. The minimum Gasteiger partial charge on any atom is -0.341 e. The van der Waals surface area contributed by atoms with Crippen molar-refractivity contribution in [2.75, 3.05) is 39.8 Å². The highest BCUT2D eigenvalue weighted by Crippen LogP contribution is 2.01. The van der Waals surface area contributed by atoms with Gasteiger partial charge in [0.05, 0.1) is 6.54 Å². The minimum atomic E-state index is -0.0347. The number of urea groups is 1. The number of piperazine rings is 1. The Hall–Kier alpha value is -1.10. The quantitative estimate of drug-likeness (QED) is 0.654. The van der Waals surface area contributed by atoms with Gasteiger partial charge in [-0.2, -0.15) is 0 Å². The third-order valence-corrected chi connectivity index (χ3v) is 2.32. The third kappa shape index (κ3) is 2.99. The molecule has 1 rings (SSSR count). The average molecular weight is 199 g/mol. The summed E-state index contributed by atoms with van der Waals surface area (Å²) < 4.78 is 0. The van der Waals surface area contributed by atoms with Crippen LogP contribution in [0.5, 0.6) is 0 Å². The number of carbonyl (C=O) groups excluding carboxylic acids is 2. The molecule has 0 aliphatic carbocycles. The molecule has 80 valence electrons. The van der Waals surface area contributed by atoms with Crippen LogP contribution in [0, 0.1) is 0 Å². The van der Waals surface area contributed by atoms with Gasteiger partial charge in [-0.1, -0.05) is 0 Å². The molecular weight excluding hydrogens is 182 g/mol. The number of amides is 2. The number of carbonyl (C=O) groups is 2. The Morgan fingerprint density at radius 2 is 1.79 bits per heavy atom. The molecule has 1 aliphatic rings. The van der Waals surface area contributed by atoms with Crippen molar-refractivity contribution < 1.29 is 9.59 Å². The number of nitrogens with one attached hydrogen (secondary N) is 1. The number of hydrogen-bond acceptors (Lipinski definition) is 3. The summed E-state index contributed by atoms with van der Waals surface area (Å²) in [5, 5.41) is 2.59. The number of ketones is 1. The van der Waals surface area contributed by atoms with E-state index < -0.39 is 0 Å². The van der Waals surface area contributed by atoms with Crippen LogP contribution in [0.1, 0.15) is 6.92 Å². The largest absolute Gasteiger partial charge is 0.341 e. The van der Waals surface area contributed by atoms with E-state index in [1.54, 1.807) is 18.9 Å². The van der Waals surface area contributed by atoms with Crippen LogP contribution >= 0.6 is 0 Å². The smallest absolute Gasteiger partial charge is 0.317 e. The molecule has 2 amide bonds. The maximum Gasteiger partial charge on any atom is 0.317 e. The molecule has 1 aliphatic heterocycles. The molecule has 0 aromatic heterocycles. The lowest BCUT2D eigenvalue weighted by molar-refractivity contribution is -0.118. The van der Waals surface area contributed by atoms with Crippen molar-refractivity contribution in [3.05, 3.63) is 0 Å².